The number of hydrogen-bond donors (Lipinski definition) is 1. The van der Waals surface area contributed by atoms with Crippen molar-refractivity contribution < 1.29 is 9.18 Å². The van der Waals surface area contributed by atoms with Gasteiger partial charge in [-0.3, -0.25) is 14.5 Å². The number of nitrogens with zero attached hydrogens (tertiary/aromatic N) is 7. The Hall–Kier alpha value is -3.92. The van der Waals surface area contributed by atoms with Gasteiger partial charge in [0.2, 0.25) is 0 Å². The van der Waals surface area contributed by atoms with Gasteiger partial charge in [0.25, 0.3) is 5.91 Å². The van der Waals surface area contributed by atoms with E-state index in [4.69, 9.17) is 0 Å². The van der Waals surface area contributed by atoms with Crippen LogP contribution < -0.4 is 5.32 Å². The van der Waals surface area contributed by atoms with E-state index in [1.807, 2.05) is 41.0 Å². The Morgan fingerprint density at radius 2 is 1.97 bits per heavy atom. The van der Waals surface area contributed by atoms with Crippen molar-refractivity contribution in [3.8, 4) is 16.9 Å². The molecule has 1 fully saturated rings. The van der Waals surface area contributed by atoms with Crippen LogP contribution in [0.4, 0.5) is 4.39 Å². The van der Waals surface area contributed by atoms with Crippen LogP contribution in [0.5, 0.6) is 0 Å². The van der Waals surface area contributed by atoms with Crippen molar-refractivity contribution in [1.29, 1.82) is 0 Å². The molecule has 9 nitrogen and oxygen atoms in total. The zero-order chi connectivity index (χ0) is 24.2. The SMILES string of the molecule is CNCc1ccc(-n2nccn2)c(C(=O)N2CCCC[C@H]2Cn2cc(-c3ccc(F)cn3)cn2)c1. The maximum Gasteiger partial charge on any atom is 0.256 e. The second kappa shape index (κ2) is 10.1. The number of rotatable bonds is 7. The highest BCUT2D eigenvalue weighted by atomic mass is 19.1. The lowest BCUT2D eigenvalue weighted by Gasteiger charge is -2.36. The predicted octanol–water partition coefficient (Wildman–Crippen LogP) is 3.08. The van der Waals surface area contributed by atoms with Gasteiger partial charge in [-0.15, -0.1) is 0 Å². The van der Waals surface area contributed by atoms with Gasteiger partial charge in [0.1, 0.15) is 5.82 Å². The van der Waals surface area contributed by atoms with Crippen LogP contribution in [-0.4, -0.2) is 60.2 Å². The molecule has 10 heteroatoms. The van der Waals surface area contributed by atoms with Crippen LogP contribution in [0.25, 0.3) is 16.9 Å². The standard InChI is InChI=1S/C25H27FN8O/c1-27-13-18-5-8-24(34-29-9-10-30-34)22(12-18)25(35)33-11-3-2-4-21(33)17-32-16-19(14-31-32)23-7-6-20(26)15-28-23/h5-10,12,14-16,21,27H,2-4,11,13,17H2,1H3/t21-/m0/s1. The quantitative estimate of drug-likeness (QED) is 0.443. The maximum absolute atomic E-state index is 13.9. The molecule has 4 aromatic rings. The van der Waals surface area contributed by atoms with Crippen LogP contribution in [0.15, 0.2) is 61.3 Å². The van der Waals surface area contributed by atoms with E-state index in [2.05, 4.69) is 25.6 Å². The van der Waals surface area contributed by atoms with Gasteiger partial charge in [-0.1, -0.05) is 6.07 Å². The molecule has 1 aliphatic rings. The highest BCUT2D eigenvalue weighted by molar-refractivity contribution is 5.98. The predicted molar refractivity (Wildman–Crippen MR) is 128 cm³/mol. The lowest BCUT2D eigenvalue weighted by Crippen LogP contribution is -2.46. The largest absolute Gasteiger partial charge is 0.334 e. The number of piperidine rings is 1. The zero-order valence-corrected chi connectivity index (χ0v) is 19.5. The van der Waals surface area contributed by atoms with Crippen LogP contribution >= 0.6 is 0 Å². The minimum atomic E-state index is -0.374. The van der Waals surface area contributed by atoms with Gasteiger partial charge in [-0.2, -0.15) is 20.1 Å². The van der Waals surface area contributed by atoms with Crippen LogP contribution in [0.1, 0.15) is 35.2 Å². The first-order chi connectivity index (χ1) is 17.1. The second-order valence-electron chi connectivity index (χ2n) is 8.66. The van der Waals surface area contributed by atoms with Crippen molar-refractivity contribution in [3.63, 3.8) is 0 Å². The highest BCUT2D eigenvalue weighted by Crippen LogP contribution is 2.25. The summed E-state index contributed by atoms with van der Waals surface area (Å²) in [5.74, 6) is -0.409. The smallest absolute Gasteiger partial charge is 0.256 e. The van der Waals surface area contributed by atoms with Crippen molar-refractivity contribution in [2.45, 2.75) is 38.4 Å². The number of aromatic nitrogens is 6. The number of carbonyl (C=O) groups is 1. The van der Waals surface area contributed by atoms with E-state index in [1.54, 1.807) is 24.7 Å². The average Bonchev–Trinajstić information content (AvgIpc) is 3.58. The molecule has 5 rings (SSSR count). The molecule has 1 aliphatic heterocycles. The molecular formula is C25H27FN8O. The molecule has 180 valence electrons. The number of amides is 1. The molecule has 1 N–H and O–H groups in total. The molecule has 1 amide bonds. The van der Waals surface area contributed by atoms with Gasteiger partial charge in [0.15, 0.2) is 0 Å². The van der Waals surface area contributed by atoms with E-state index in [9.17, 15) is 9.18 Å². The van der Waals surface area contributed by atoms with E-state index in [0.29, 0.717) is 36.6 Å². The summed E-state index contributed by atoms with van der Waals surface area (Å²) in [4.78, 5) is 21.5. The van der Waals surface area contributed by atoms with Gasteiger partial charge in [-0.05, 0) is 56.1 Å². The third-order valence-electron chi connectivity index (χ3n) is 6.25. The molecule has 1 aromatic carbocycles. The first-order valence-electron chi connectivity index (χ1n) is 11.7. The molecular weight excluding hydrogens is 447 g/mol. The van der Waals surface area contributed by atoms with Gasteiger partial charge in [-0.25, -0.2) is 4.39 Å². The summed E-state index contributed by atoms with van der Waals surface area (Å²) < 4.78 is 15.1. The topological polar surface area (TPSA) is 93.8 Å². The highest BCUT2D eigenvalue weighted by Gasteiger charge is 2.30. The van der Waals surface area contributed by atoms with Crippen molar-refractivity contribution >= 4 is 5.91 Å². The summed E-state index contributed by atoms with van der Waals surface area (Å²) in [6, 6.07) is 8.82. The summed E-state index contributed by atoms with van der Waals surface area (Å²) in [7, 11) is 1.88. The second-order valence-corrected chi connectivity index (χ2v) is 8.66. The fourth-order valence-electron chi connectivity index (χ4n) is 4.55. The Bertz CT molecular complexity index is 1290. The molecule has 0 radical (unpaired) electrons. The fraction of sp³-hybridized carbons (Fsp3) is 0.320. The first-order valence-corrected chi connectivity index (χ1v) is 11.7. The van der Waals surface area contributed by atoms with E-state index >= 15 is 0 Å². The lowest BCUT2D eigenvalue weighted by molar-refractivity contribution is 0.0583. The van der Waals surface area contributed by atoms with Crippen molar-refractivity contribution in [2.24, 2.45) is 0 Å². The molecule has 4 heterocycles. The molecule has 0 bridgehead atoms. The van der Waals surface area contributed by atoms with Crippen molar-refractivity contribution in [2.75, 3.05) is 13.6 Å². The number of pyridine rings is 1. The van der Waals surface area contributed by atoms with E-state index in [0.717, 1.165) is 30.4 Å². The fourth-order valence-corrected chi connectivity index (χ4v) is 4.55. The molecule has 0 spiro atoms. The number of likely N-dealkylation sites (tertiary alicyclic amines) is 1. The Balaban J connectivity index is 1.41. The van der Waals surface area contributed by atoms with Crippen LogP contribution in [0, 0.1) is 5.82 Å². The Kier molecular flexibility index (Phi) is 6.62. The van der Waals surface area contributed by atoms with E-state index in [1.165, 1.54) is 17.1 Å². The first kappa shape index (κ1) is 22.9. The molecule has 0 aliphatic carbocycles. The number of halogens is 1. The monoisotopic (exact) mass is 474 g/mol. The summed E-state index contributed by atoms with van der Waals surface area (Å²) in [6.07, 6.45) is 10.9. The summed E-state index contributed by atoms with van der Waals surface area (Å²) in [5.41, 5.74) is 3.73. The van der Waals surface area contributed by atoms with Gasteiger partial charge in [0, 0.05) is 24.8 Å². The number of benzene rings is 1. The molecule has 0 unspecified atom stereocenters. The Labute approximate surface area is 202 Å². The third kappa shape index (κ3) is 4.97. The Morgan fingerprint density at radius 3 is 2.74 bits per heavy atom. The minimum absolute atomic E-state index is 0.00318. The molecule has 1 atom stereocenters. The summed E-state index contributed by atoms with van der Waals surface area (Å²) in [5, 5.41) is 16.1. The molecule has 35 heavy (non-hydrogen) atoms. The van der Waals surface area contributed by atoms with Crippen LogP contribution in [0.3, 0.4) is 0 Å². The normalized spacial score (nSPS) is 15.9. The summed E-state index contributed by atoms with van der Waals surface area (Å²) in [6.45, 7) is 1.90. The zero-order valence-electron chi connectivity index (χ0n) is 19.5. The minimum Gasteiger partial charge on any atom is -0.334 e. The van der Waals surface area contributed by atoms with Gasteiger partial charge >= 0.3 is 0 Å². The molecule has 3 aromatic heterocycles. The van der Waals surface area contributed by atoms with Crippen molar-refractivity contribution in [1.82, 2.24) is 40.0 Å². The number of hydrogen-bond acceptors (Lipinski definition) is 6. The maximum atomic E-state index is 13.9. The Morgan fingerprint density at radius 1 is 1.11 bits per heavy atom. The lowest BCUT2D eigenvalue weighted by atomic mass is 9.99. The number of carbonyl (C=O) groups excluding carboxylic acids is 1. The van der Waals surface area contributed by atoms with Gasteiger partial charge < -0.3 is 10.2 Å². The number of nitrogens with one attached hydrogen (secondary N) is 1. The van der Waals surface area contributed by atoms with Gasteiger partial charge in [0.05, 0.1) is 54.3 Å². The molecule has 0 saturated carbocycles. The van der Waals surface area contributed by atoms with Crippen LogP contribution in [0.2, 0.25) is 0 Å². The average molecular weight is 475 g/mol. The van der Waals surface area contributed by atoms with E-state index < -0.39 is 0 Å². The van der Waals surface area contributed by atoms with E-state index in [-0.39, 0.29) is 17.8 Å². The third-order valence-corrected chi connectivity index (χ3v) is 6.25. The van der Waals surface area contributed by atoms with Crippen LogP contribution in [-0.2, 0) is 13.1 Å². The summed E-state index contributed by atoms with van der Waals surface area (Å²) >= 11 is 0. The molecule has 1 saturated heterocycles. The van der Waals surface area contributed by atoms with Crippen molar-refractivity contribution in [3.05, 3.63) is 78.3 Å².